The van der Waals surface area contributed by atoms with Crippen LogP contribution in [0.3, 0.4) is 0 Å². The summed E-state index contributed by atoms with van der Waals surface area (Å²) in [4.78, 5) is 12.0. The molecule has 2 heterocycles. The van der Waals surface area contributed by atoms with Crippen molar-refractivity contribution in [3.05, 3.63) is 228 Å². The normalized spacial score (nSPS) is 13.6. The molecule has 0 spiro atoms. The van der Waals surface area contributed by atoms with Gasteiger partial charge in [-0.05, 0) is 138 Å². The topological polar surface area (TPSA) is 32.3 Å². The average Bonchev–Trinajstić information content (AvgIpc) is 3.32. The lowest BCUT2D eigenvalue weighted by molar-refractivity contribution is -0.138. The summed E-state index contributed by atoms with van der Waals surface area (Å²) >= 11 is 0. The highest BCUT2D eigenvalue weighted by Gasteiger charge is 2.36. The van der Waals surface area contributed by atoms with E-state index in [9.17, 15) is 26.3 Å². The third-order valence-corrected chi connectivity index (χ3v) is 11.2. The zero-order chi connectivity index (χ0) is 44.8. The van der Waals surface area contributed by atoms with E-state index in [-0.39, 0.29) is 28.0 Å². The fraction of sp³-hybridized carbons (Fsp3) is 0.111. The summed E-state index contributed by atoms with van der Waals surface area (Å²) < 4.78 is 90.0. The molecule has 0 fully saturated rings. The largest absolute Gasteiger partial charge is 0.417 e. The van der Waals surface area contributed by atoms with Crippen LogP contribution in [0.4, 0.5) is 54.8 Å². The van der Waals surface area contributed by atoms with Crippen LogP contribution in [-0.2, 0) is 12.4 Å². The first-order valence-corrected chi connectivity index (χ1v) is 20.6. The minimum atomic E-state index is -4.76. The van der Waals surface area contributed by atoms with Crippen molar-refractivity contribution in [2.75, 3.05) is 9.80 Å². The Labute approximate surface area is 368 Å². The van der Waals surface area contributed by atoms with E-state index in [1.807, 2.05) is 97.1 Å². The molecule has 1 aliphatic carbocycles. The molecule has 8 rings (SSSR count). The number of anilines is 5. The summed E-state index contributed by atoms with van der Waals surface area (Å²) in [7, 11) is 0. The fourth-order valence-corrected chi connectivity index (χ4v) is 7.97. The van der Waals surface area contributed by atoms with Gasteiger partial charge in [-0.2, -0.15) is 26.3 Å². The first-order valence-electron chi connectivity index (χ1n) is 20.6. The monoisotopic (exact) mass is 860 g/mol. The van der Waals surface area contributed by atoms with Crippen molar-refractivity contribution < 1.29 is 26.3 Å². The maximum Gasteiger partial charge on any atom is 0.417 e. The molecule has 64 heavy (non-hydrogen) atoms. The van der Waals surface area contributed by atoms with E-state index >= 15 is 0 Å². The predicted octanol–water partition coefficient (Wildman–Crippen LogP) is 16.1. The van der Waals surface area contributed by atoms with Crippen LogP contribution in [0.2, 0.25) is 0 Å². The summed E-state index contributed by atoms with van der Waals surface area (Å²) in [5, 5.41) is 0. The average molecular weight is 861 g/mol. The zero-order valence-corrected chi connectivity index (χ0v) is 34.9. The van der Waals surface area contributed by atoms with E-state index in [0.29, 0.717) is 35.6 Å². The van der Waals surface area contributed by atoms with Crippen LogP contribution in [0, 0.1) is 0 Å². The number of nitrogens with zero attached hydrogens (tertiary/aromatic N) is 4. The van der Waals surface area contributed by atoms with Crippen molar-refractivity contribution in [2.45, 2.75) is 39.0 Å². The van der Waals surface area contributed by atoms with E-state index < -0.39 is 23.5 Å². The summed E-state index contributed by atoms with van der Waals surface area (Å²) in [6.07, 6.45) is 4.93. The van der Waals surface area contributed by atoms with Gasteiger partial charge in [0.25, 0.3) is 0 Å². The molecule has 2 aromatic heterocycles. The quantitative estimate of drug-likeness (QED) is 0.0958. The van der Waals surface area contributed by atoms with Crippen molar-refractivity contribution in [2.24, 2.45) is 0 Å². The summed E-state index contributed by atoms with van der Waals surface area (Å²) in [6.45, 7) is 3.04. The number of allylic oxidation sites excluding steroid dienone is 8. The van der Waals surface area contributed by atoms with Gasteiger partial charge in [-0.15, -0.1) is 0 Å². The van der Waals surface area contributed by atoms with Gasteiger partial charge in [0.2, 0.25) is 0 Å². The lowest BCUT2D eigenvalue weighted by atomic mass is 9.94. The number of halogens is 6. The highest BCUT2D eigenvalue weighted by atomic mass is 19.4. The minimum Gasteiger partial charge on any atom is -0.313 e. The molecule has 0 aliphatic heterocycles. The number of hydrogen-bond acceptors (Lipinski definition) is 4. The van der Waals surface area contributed by atoms with Crippen LogP contribution in [-0.4, -0.2) is 9.97 Å². The maximum atomic E-state index is 15.0. The van der Waals surface area contributed by atoms with Crippen molar-refractivity contribution in [3.8, 4) is 11.1 Å². The number of hydrogen-bond donors (Lipinski definition) is 0. The molecule has 7 aromatic rings. The van der Waals surface area contributed by atoms with Gasteiger partial charge in [-0.1, -0.05) is 103 Å². The Morgan fingerprint density at radius 1 is 0.469 bits per heavy atom. The number of benzene rings is 5. The zero-order valence-electron chi connectivity index (χ0n) is 34.9. The molecule has 0 unspecified atom stereocenters. The van der Waals surface area contributed by atoms with Crippen LogP contribution >= 0.6 is 0 Å². The molecular weight excluding hydrogens is 819 g/mol. The van der Waals surface area contributed by atoms with E-state index in [4.69, 9.17) is 0 Å². The summed E-state index contributed by atoms with van der Waals surface area (Å²) in [6, 6.07) is 42.5. The Morgan fingerprint density at radius 2 is 0.938 bits per heavy atom. The highest BCUT2D eigenvalue weighted by Crippen LogP contribution is 2.44. The van der Waals surface area contributed by atoms with E-state index in [2.05, 4.69) is 9.97 Å². The molecule has 4 nitrogen and oxygen atoms in total. The van der Waals surface area contributed by atoms with Gasteiger partial charge in [0.1, 0.15) is 0 Å². The second-order valence-electron chi connectivity index (χ2n) is 15.4. The van der Waals surface area contributed by atoms with Gasteiger partial charge < -0.3 is 9.80 Å². The second kappa shape index (κ2) is 18.5. The molecule has 10 heteroatoms. The van der Waals surface area contributed by atoms with Crippen molar-refractivity contribution in [1.29, 1.82) is 0 Å². The molecule has 0 N–H and O–H groups in total. The molecule has 5 aromatic carbocycles. The third kappa shape index (κ3) is 9.61. The maximum absolute atomic E-state index is 15.0. The number of pyridine rings is 2. The first kappa shape index (κ1) is 43.2. The smallest absolute Gasteiger partial charge is 0.313 e. The molecular formula is C54H42F6N4. The van der Waals surface area contributed by atoms with Crippen molar-refractivity contribution in [3.63, 3.8) is 0 Å². The fourth-order valence-electron chi connectivity index (χ4n) is 7.97. The van der Waals surface area contributed by atoms with Gasteiger partial charge in [0.05, 0.1) is 34.9 Å². The molecule has 0 bridgehead atoms. The lowest BCUT2D eigenvalue weighted by Crippen LogP contribution is -2.19. The van der Waals surface area contributed by atoms with Gasteiger partial charge in [-0.25, -0.2) is 0 Å². The molecule has 1 aliphatic rings. The summed E-state index contributed by atoms with van der Waals surface area (Å²) in [5.74, 6) is 0. The van der Waals surface area contributed by atoms with E-state index in [0.717, 1.165) is 40.1 Å². The van der Waals surface area contributed by atoms with Crippen LogP contribution < -0.4 is 9.80 Å². The van der Waals surface area contributed by atoms with Gasteiger partial charge >= 0.3 is 12.4 Å². The first-order chi connectivity index (χ1) is 30.8. The number of alkyl halides is 6. The van der Waals surface area contributed by atoms with Gasteiger partial charge in [-0.3, -0.25) is 9.97 Å². The molecule has 320 valence electrons. The Bertz CT molecular complexity index is 2850. The molecule has 0 radical (unpaired) electrons. The minimum absolute atomic E-state index is 0.0906. The van der Waals surface area contributed by atoms with Gasteiger partial charge in [0.15, 0.2) is 0 Å². The molecule has 0 amide bonds. The SMILES string of the molecule is C/C(=C\C=C(/C)c1ccc(N(c2ccc(-c3ccccc3)cc2)c2cccnc2)cc1C(F)(F)F)c1ccc(N(C2=CC=C(c3ccccc3)CC2)c2cccnc2)cc1C(F)(F)F. The Morgan fingerprint density at radius 3 is 1.41 bits per heavy atom. The predicted molar refractivity (Wildman–Crippen MR) is 246 cm³/mol. The van der Waals surface area contributed by atoms with E-state index in [1.54, 1.807) is 71.0 Å². The molecule has 0 saturated carbocycles. The third-order valence-electron chi connectivity index (χ3n) is 11.2. The number of rotatable bonds is 11. The molecule has 0 saturated heterocycles. The molecule has 0 atom stereocenters. The van der Waals surface area contributed by atoms with Crippen molar-refractivity contribution in [1.82, 2.24) is 9.97 Å². The Kier molecular flexibility index (Phi) is 12.5. The summed E-state index contributed by atoms with van der Waals surface area (Å²) in [5.41, 5.74) is 5.79. The van der Waals surface area contributed by atoms with Gasteiger partial charge in [0, 0.05) is 35.2 Å². The highest BCUT2D eigenvalue weighted by molar-refractivity contribution is 5.82. The van der Waals surface area contributed by atoms with E-state index in [1.165, 1.54) is 38.1 Å². The van der Waals surface area contributed by atoms with Crippen molar-refractivity contribution >= 4 is 45.2 Å². The van der Waals surface area contributed by atoms with Crippen LogP contribution in [0.25, 0.3) is 27.8 Å². The second-order valence-corrected chi connectivity index (χ2v) is 15.4. The standard InChI is InChI=1S/C54H42F6N4/c1-37(49-29-27-45(33-51(49)53(55,56)57)63(47-15-9-31-61-35-47)43-23-19-41(20-24-43)39-11-5-3-6-12-39)17-18-38(2)50-30-28-46(34-52(50)54(58,59)60)64(48-16-10-32-62-36-48)44-25-21-42(22-26-44)40-13-7-4-8-14-40/h3-21,23-25,27-36H,22,26H2,1-2H3/b37-17+,38-18+. The lowest BCUT2D eigenvalue weighted by Gasteiger charge is -2.30. The number of aromatic nitrogens is 2. The Hall–Kier alpha value is -7.46. The van der Waals surface area contributed by atoms with Crippen LogP contribution in [0.5, 0.6) is 0 Å². The Balaban J connectivity index is 1.13. The van der Waals surface area contributed by atoms with Crippen LogP contribution in [0.1, 0.15) is 54.5 Å². The van der Waals surface area contributed by atoms with Crippen LogP contribution in [0.15, 0.2) is 200 Å².